The van der Waals surface area contributed by atoms with Gasteiger partial charge >= 0.3 is 0 Å². The van der Waals surface area contributed by atoms with Crippen LogP contribution in [0.15, 0.2) is 58.3 Å². The molecule has 0 radical (unpaired) electrons. The summed E-state index contributed by atoms with van der Waals surface area (Å²) in [6, 6.07) is 11.7. The number of sulfonamides is 2. The van der Waals surface area contributed by atoms with E-state index >= 15 is 0 Å². The van der Waals surface area contributed by atoms with Gasteiger partial charge < -0.3 is 5.32 Å². The highest BCUT2D eigenvalue weighted by Gasteiger charge is 2.26. The molecule has 0 spiro atoms. The van der Waals surface area contributed by atoms with Crippen LogP contribution in [0.5, 0.6) is 0 Å². The van der Waals surface area contributed by atoms with Crippen molar-refractivity contribution >= 4 is 31.6 Å². The van der Waals surface area contributed by atoms with E-state index in [9.17, 15) is 21.6 Å². The minimum atomic E-state index is -3.64. The van der Waals surface area contributed by atoms with Crippen LogP contribution in [-0.2, 0) is 20.0 Å². The van der Waals surface area contributed by atoms with Crippen molar-refractivity contribution in [3.63, 3.8) is 0 Å². The molecule has 1 aliphatic heterocycles. The molecule has 2 aromatic rings. The smallest absolute Gasteiger partial charge is 0.255 e. The molecule has 1 amide bonds. The molecule has 1 saturated heterocycles. The van der Waals surface area contributed by atoms with E-state index in [4.69, 9.17) is 0 Å². The second-order valence-corrected chi connectivity index (χ2v) is 11.3. The van der Waals surface area contributed by atoms with Gasteiger partial charge in [-0.1, -0.05) is 12.5 Å². The van der Waals surface area contributed by atoms with Gasteiger partial charge in [-0.2, -0.15) is 4.31 Å². The van der Waals surface area contributed by atoms with Gasteiger partial charge in [0.1, 0.15) is 0 Å². The maximum Gasteiger partial charge on any atom is 0.255 e. The minimum absolute atomic E-state index is 0.0875. The van der Waals surface area contributed by atoms with Gasteiger partial charge in [-0.25, -0.2) is 21.1 Å². The number of amides is 1. The molecule has 1 fully saturated rings. The van der Waals surface area contributed by atoms with Crippen LogP contribution in [-0.4, -0.2) is 58.5 Å². The first kappa shape index (κ1) is 22.4. The predicted molar refractivity (Wildman–Crippen MR) is 114 cm³/mol. The van der Waals surface area contributed by atoms with Gasteiger partial charge in [-0.15, -0.1) is 0 Å². The number of carbonyl (C=O) groups is 1. The first-order valence-electron chi connectivity index (χ1n) is 9.56. The van der Waals surface area contributed by atoms with Crippen molar-refractivity contribution in [2.75, 3.05) is 32.5 Å². The lowest BCUT2D eigenvalue weighted by atomic mass is 10.2. The summed E-state index contributed by atoms with van der Waals surface area (Å²) >= 11 is 0. The molecular formula is C20H25N3O5S2. The summed E-state index contributed by atoms with van der Waals surface area (Å²) < 4.78 is 52.5. The SMILES string of the molecule is CN(C)S(=O)(=O)c1ccc(NC(=O)c2cccc(S(=O)(=O)N3CCCCC3)c2)cc1. The van der Waals surface area contributed by atoms with Crippen molar-refractivity contribution in [2.24, 2.45) is 0 Å². The largest absolute Gasteiger partial charge is 0.322 e. The van der Waals surface area contributed by atoms with Crippen molar-refractivity contribution in [2.45, 2.75) is 29.1 Å². The van der Waals surface area contributed by atoms with Gasteiger partial charge in [-0.05, 0) is 55.3 Å². The topological polar surface area (TPSA) is 104 Å². The van der Waals surface area contributed by atoms with Crippen LogP contribution >= 0.6 is 0 Å². The van der Waals surface area contributed by atoms with Crippen LogP contribution in [0.3, 0.4) is 0 Å². The van der Waals surface area contributed by atoms with Gasteiger partial charge in [0.05, 0.1) is 9.79 Å². The fourth-order valence-electron chi connectivity index (χ4n) is 3.18. The molecule has 0 aliphatic carbocycles. The van der Waals surface area contributed by atoms with Crippen molar-refractivity contribution in [3.05, 3.63) is 54.1 Å². The number of anilines is 1. The molecule has 0 unspecified atom stereocenters. The van der Waals surface area contributed by atoms with E-state index in [1.165, 1.54) is 60.9 Å². The Kier molecular flexibility index (Phi) is 6.61. The molecular weight excluding hydrogens is 426 g/mol. The predicted octanol–water partition coefficient (Wildman–Crippen LogP) is 2.36. The van der Waals surface area contributed by atoms with Gasteiger partial charge in [-0.3, -0.25) is 4.79 Å². The van der Waals surface area contributed by atoms with E-state index in [1.807, 2.05) is 0 Å². The van der Waals surface area contributed by atoms with Crippen LogP contribution in [0.1, 0.15) is 29.6 Å². The highest BCUT2D eigenvalue weighted by molar-refractivity contribution is 7.89. The van der Waals surface area contributed by atoms with Crippen molar-refractivity contribution in [1.29, 1.82) is 0 Å². The normalized spacial score (nSPS) is 15.8. The van der Waals surface area contributed by atoms with Gasteiger partial charge in [0.15, 0.2) is 0 Å². The molecule has 0 bridgehead atoms. The molecule has 8 nitrogen and oxygen atoms in total. The molecule has 0 aromatic heterocycles. The molecule has 1 N–H and O–H groups in total. The average Bonchev–Trinajstić information content (AvgIpc) is 2.74. The maximum atomic E-state index is 12.8. The fraction of sp³-hybridized carbons (Fsp3) is 0.350. The molecule has 0 saturated carbocycles. The fourth-order valence-corrected chi connectivity index (χ4v) is 5.64. The summed E-state index contributed by atoms with van der Waals surface area (Å²) in [7, 11) is -4.32. The number of nitrogens with zero attached hydrogens (tertiary/aromatic N) is 2. The van der Waals surface area contributed by atoms with Crippen molar-refractivity contribution in [1.82, 2.24) is 8.61 Å². The zero-order valence-electron chi connectivity index (χ0n) is 16.9. The van der Waals surface area contributed by atoms with Crippen molar-refractivity contribution < 1.29 is 21.6 Å². The number of benzene rings is 2. The van der Waals surface area contributed by atoms with Crippen LogP contribution in [0.4, 0.5) is 5.69 Å². The lowest BCUT2D eigenvalue weighted by Gasteiger charge is -2.26. The molecule has 0 atom stereocenters. The molecule has 2 aromatic carbocycles. The van der Waals surface area contributed by atoms with Crippen LogP contribution in [0.2, 0.25) is 0 Å². The first-order valence-corrected chi connectivity index (χ1v) is 12.4. The lowest BCUT2D eigenvalue weighted by Crippen LogP contribution is -2.35. The quantitative estimate of drug-likeness (QED) is 0.726. The molecule has 1 heterocycles. The van der Waals surface area contributed by atoms with Gasteiger partial charge in [0, 0.05) is 38.4 Å². The molecule has 3 rings (SSSR count). The van der Waals surface area contributed by atoms with Gasteiger partial charge in [0.2, 0.25) is 20.0 Å². The number of piperidine rings is 1. The monoisotopic (exact) mass is 451 g/mol. The van der Waals surface area contributed by atoms with E-state index in [-0.39, 0.29) is 15.4 Å². The Hall–Kier alpha value is -2.27. The van der Waals surface area contributed by atoms with Crippen molar-refractivity contribution in [3.8, 4) is 0 Å². The lowest BCUT2D eigenvalue weighted by molar-refractivity contribution is 0.102. The molecule has 30 heavy (non-hydrogen) atoms. The number of nitrogens with one attached hydrogen (secondary N) is 1. The second kappa shape index (κ2) is 8.84. The van der Waals surface area contributed by atoms with E-state index in [1.54, 1.807) is 6.07 Å². The summed E-state index contributed by atoms with van der Waals surface area (Å²) in [4.78, 5) is 12.8. The van der Waals surface area contributed by atoms with Gasteiger partial charge in [0.25, 0.3) is 5.91 Å². The van der Waals surface area contributed by atoms with Crippen LogP contribution in [0, 0.1) is 0 Å². The Morgan fingerprint density at radius 2 is 1.53 bits per heavy atom. The Bertz CT molecular complexity index is 1120. The second-order valence-electron chi connectivity index (χ2n) is 7.26. The zero-order valence-corrected chi connectivity index (χ0v) is 18.5. The molecule has 162 valence electrons. The first-order chi connectivity index (χ1) is 14.1. The highest BCUT2D eigenvalue weighted by Crippen LogP contribution is 2.22. The Morgan fingerprint density at radius 1 is 0.900 bits per heavy atom. The number of hydrogen-bond donors (Lipinski definition) is 1. The van der Waals surface area contributed by atoms with E-state index < -0.39 is 26.0 Å². The third kappa shape index (κ3) is 4.72. The summed E-state index contributed by atoms with van der Waals surface area (Å²) in [6.07, 6.45) is 2.68. The van der Waals surface area contributed by atoms with E-state index in [0.29, 0.717) is 18.8 Å². The number of hydrogen-bond acceptors (Lipinski definition) is 5. The summed E-state index contributed by atoms with van der Waals surface area (Å²) in [5.41, 5.74) is 0.611. The average molecular weight is 452 g/mol. The van der Waals surface area contributed by atoms with E-state index in [2.05, 4.69) is 5.32 Å². The van der Waals surface area contributed by atoms with E-state index in [0.717, 1.165) is 23.6 Å². The third-order valence-electron chi connectivity index (χ3n) is 4.94. The number of rotatable bonds is 6. The molecule has 10 heteroatoms. The van der Waals surface area contributed by atoms with Crippen LogP contribution in [0.25, 0.3) is 0 Å². The minimum Gasteiger partial charge on any atom is -0.322 e. The summed E-state index contributed by atoms with van der Waals surface area (Å²) in [6.45, 7) is 0.974. The Morgan fingerprint density at radius 3 is 2.13 bits per heavy atom. The highest BCUT2D eigenvalue weighted by atomic mass is 32.2. The third-order valence-corrected chi connectivity index (χ3v) is 8.66. The zero-order chi connectivity index (χ0) is 21.9. The summed E-state index contributed by atoms with van der Waals surface area (Å²) in [5.74, 6) is -0.478. The summed E-state index contributed by atoms with van der Waals surface area (Å²) in [5, 5.41) is 2.67. The van der Waals surface area contributed by atoms with Crippen LogP contribution < -0.4 is 5.32 Å². The Balaban J connectivity index is 1.77. The number of carbonyl (C=O) groups excluding carboxylic acids is 1. The molecule has 1 aliphatic rings. The Labute approximate surface area is 177 Å². The maximum absolute atomic E-state index is 12.8. The standard InChI is InChI=1S/C20H25N3O5S2/c1-22(2)29(25,26)18-11-9-17(10-12-18)21-20(24)16-7-6-8-19(15-16)30(27,28)23-13-4-3-5-14-23/h6-12,15H,3-5,13-14H2,1-2H3,(H,21,24).